The second-order valence-electron chi connectivity index (χ2n) is 4.85. The second-order valence-corrected chi connectivity index (χ2v) is 4.85. The van der Waals surface area contributed by atoms with E-state index in [1.165, 1.54) is 6.42 Å². The van der Waals surface area contributed by atoms with Crippen LogP contribution in [-0.4, -0.2) is 38.0 Å². The third-order valence-electron chi connectivity index (χ3n) is 2.28. The molecule has 0 aliphatic heterocycles. The molecule has 0 heterocycles. The standard InChI is InChI=1S/C13H29NO2/c1-11(2)14-8-6-7-13(5)16-10-9-15-12(3)4/h11-14H,6-10H2,1-5H3. The Morgan fingerprint density at radius 2 is 1.56 bits per heavy atom. The van der Waals surface area contributed by atoms with Crippen LogP contribution in [0.15, 0.2) is 0 Å². The zero-order valence-corrected chi connectivity index (χ0v) is 11.6. The predicted octanol–water partition coefficient (Wildman–Crippen LogP) is 2.59. The van der Waals surface area contributed by atoms with Crippen LogP contribution in [0.5, 0.6) is 0 Å². The van der Waals surface area contributed by atoms with Crippen LogP contribution in [0.3, 0.4) is 0 Å². The van der Waals surface area contributed by atoms with Crippen LogP contribution in [0, 0.1) is 0 Å². The molecule has 0 saturated carbocycles. The van der Waals surface area contributed by atoms with Gasteiger partial charge in [0.15, 0.2) is 0 Å². The van der Waals surface area contributed by atoms with Gasteiger partial charge in [-0.05, 0) is 40.2 Å². The van der Waals surface area contributed by atoms with Gasteiger partial charge in [0.25, 0.3) is 0 Å². The van der Waals surface area contributed by atoms with E-state index in [9.17, 15) is 0 Å². The topological polar surface area (TPSA) is 30.5 Å². The summed E-state index contributed by atoms with van der Waals surface area (Å²) >= 11 is 0. The molecular formula is C13H29NO2. The molecule has 0 aliphatic rings. The molecule has 0 aromatic heterocycles. The fourth-order valence-corrected chi connectivity index (χ4v) is 1.40. The number of nitrogens with one attached hydrogen (secondary N) is 1. The lowest BCUT2D eigenvalue weighted by Crippen LogP contribution is -2.24. The summed E-state index contributed by atoms with van der Waals surface area (Å²) in [6.07, 6.45) is 2.92. The summed E-state index contributed by atoms with van der Waals surface area (Å²) in [6, 6.07) is 0.579. The summed E-state index contributed by atoms with van der Waals surface area (Å²) in [7, 11) is 0. The maximum atomic E-state index is 5.65. The highest BCUT2D eigenvalue weighted by atomic mass is 16.5. The molecule has 16 heavy (non-hydrogen) atoms. The molecule has 0 radical (unpaired) electrons. The first-order chi connectivity index (χ1) is 7.52. The van der Waals surface area contributed by atoms with Crippen LogP contribution >= 0.6 is 0 Å². The molecule has 3 heteroatoms. The quantitative estimate of drug-likeness (QED) is 0.586. The molecular weight excluding hydrogens is 202 g/mol. The van der Waals surface area contributed by atoms with Crippen LogP contribution in [0.4, 0.5) is 0 Å². The summed E-state index contributed by atoms with van der Waals surface area (Å²) < 4.78 is 11.1. The van der Waals surface area contributed by atoms with E-state index in [0.717, 1.165) is 13.0 Å². The van der Waals surface area contributed by atoms with Gasteiger partial charge in [-0.15, -0.1) is 0 Å². The SMILES string of the molecule is CC(C)NCCCC(C)OCCOC(C)C. The fraction of sp³-hybridized carbons (Fsp3) is 1.00. The van der Waals surface area contributed by atoms with Crippen molar-refractivity contribution in [1.82, 2.24) is 5.32 Å². The van der Waals surface area contributed by atoms with Crippen LogP contribution < -0.4 is 5.32 Å². The molecule has 98 valence electrons. The van der Waals surface area contributed by atoms with Crippen molar-refractivity contribution < 1.29 is 9.47 Å². The summed E-state index contributed by atoms with van der Waals surface area (Å²) in [6.45, 7) is 13.0. The molecule has 1 N–H and O–H groups in total. The Hall–Kier alpha value is -0.120. The number of ether oxygens (including phenoxy) is 2. The molecule has 1 atom stereocenters. The van der Waals surface area contributed by atoms with Gasteiger partial charge in [0.05, 0.1) is 25.4 Å². The van der Waals surface area contributed by atoms with Gasteiger partial charge < -0.3 is 14.8 Å². The van der Waals surface area contributed by atoms with Crippen molar-refractivity contribution in [1.29, 1.82) is 0 Å². The van der Waals surface area contributed by atoms with Crippen molar-refractivity contribution in [2.75, 3.05) is 19.8 Å². The number of hydrogen-bond acceptors (Lipinski definition) is 3. The first kappa shape index (κ1) is 15.9. The largest absolute Gasteiger partial charge is 0.376 e. The zero-order valence-electron chi connectivity index (χ0n) is 11.6. The smallest absolute Gasteiger partial charge is 0.0704 e. The number of hydrogen-bond donors (Lipinski definition) is 1. The highest BCUT2D eigenvalue weighted by Gasteiger charge is 2.02. The molecule has 0 aromatic rings. The molecule has 0 aromatic carbocycles. The Morgan fingerprint density at radius 3 is 2.12 bits per heavy atom. The van der Waals surface area contributed by atoms with Crippen molar-refractivity contribution in [2.45, 2.75) is 65.7 Å². The summed E-state index contributed by atoms with van der Waals surface area (Å²) in [5, 5.41) is 3.40. The van der Waals surface area contributed by atoms with Gasteiger partial charge in [-0.1, -0.05) is 13.8 Å². The van der Waals surface area contributed by atoms with Gasteiger partial charge in [-0.3, -0.25) is 0 Å². The van der Waals surface area contributed by atoms with Gasteiger partial charge in [-0.25, -0.2) is 0 Å². The third kappa shape index (κ3) is 12.0. The average Bonchev–Trinajstić information content (AvgIpc) is 2.19. The number of rotatable bonds is 10. The van der Waals surface area contributed by atoms with E-state index in [2.05, 4.69) is 26.1 Å². The van der Waals surface area contributed by atoms with Crippen LogP contribution in [0.25, 0.3) is 0 Å². The normalized spacial score (nSPS) is 13.7. The highest BCUT2D eigenvalue weighted by Crippen LogP contribution is 2.01. The van der Waals surface area contributed by atoms with Gasteiger partial charge >= 0.3 is 0 Å². The van der Waals surface area contributed by atoms with Gasteiger partial charge in [-0.2, -0.15) is 0 Å². The van der Waals surface area contributed by atoms with Crippen molar-refractivity contribution in [3.05, 3.63) is 0 Å². The van der Waals surface area contributed by atoms with E-state index in [-0.39, 0.29) is 0 Å². The van der Waals surface area contributed by atoms with Crippen LogP contribution in [-0.2, 0) is 9.47 Å². The lowest BCUT2D eigenvalue weighted by atomic mass is 10.2. The van der Waals surface area contributed by atoms with Crippen molar-refractivity contribution in [2.24, 2.45) is 0 Å². The van der Waals surface area contributed by atoms with E-state index in [4.69, 9.17) is 9.47 Å². The van der Waals surface area contributed by atoms with Crippen LogP contribution in [0.1, 0.15) is 47.5 Å². The Morgan fingerprint density at radius 1 is 0.938 bits per heavy atom. The van der Waals surface area contributed by atoms with E-state index >= 15 is 0 Å². The minimum absolute atomic E-state index is 0.300. The highest BCUT2D eigenvalue weighted by molar-refractivity contribution is 4.56. The maximum absolute atomic E-state index is 5.65. The third-order valence-corrected chi connectivity index (χ3v) is 2.28. The lowest BCUT2D eigenvalue weighted by molar-refractivity contribution is -0.00936. The Bertz CT molecular complexity index is 133. The Kier molecular flexibility index (Phi) is 9.99. The van der Waals surface area contributed by atoms with Crippen molar-refractivity contribution in [3.8, 4) is 0 Å². The minimum Gasteiger partial charge on any atom is -0.376 e. The van der Waals surface area contributed by atoms with Gasteiger partial charge in [0.1, 0.15) is 0 Å². The summed E-state index contributed by atoms with van der Waals surface area (Å²) in [5.74, 6) is 0. The first-order valence-electron chi connectivity index (χ1n) is 6.49. The molecule has 0 rings (SSSR count). The molecule has 0 fully saturated rings. The van der Waals surface area contributed by atoms with E-state index in [1.54, 1.807) is 0 Å². The summed E-state index contributed by atoms with van der Waals surface area (Å²) in [5.41, 5.74) is 0. The average molecular weight is 231 g/mol. The van der Waals surface area contributed by atoms with E-state index in [0.29, 0.717) is 31.5 Å². The molecule has 0 bridgehead atoms. The Balaban J connectivity index is 3.21. The first-order valence-corrected chi connectivity index (χ1v) is 6.49. The van der Waals surface area contributed by atoms with Gasteiger partial charge in [0.2, 0.25) is 0 Å². The lowest BCUT2D eigenvalue weighted by Gasteiger charge is -2.15. The summed E-state index contributed by atoms with van der Waals surface area (Å²) in [4.78, 5) is 0. The molecule has 0 amide bonds. The molecule has 0 spiro atoms. The second kappa shape index (κ2) is 10.1. The van der Waals surface area contributed by atoms with Gasteiger partial charge in [0, 0.05) is 6.04 Å². The monoisotopic (exact) mass is 231 g/mol. The molecule has 0 saturated heterocycles. The molecule has 3 nitrogen and oxygen atoms in total. The molecule has 0 aliphatic carbocycles. The van der Waals surface area contributed by atoms with Crippen LogP contribution in [0.2, 0.25) is 0 Å². The Labute approximate surface area is 101 Å². The fourth-order valence-electron chi connectivity index (χ4n) is 1.40. The predicted molar refractivity (Wildman–Crippen MR) is 68.9 cm³/mol. The van der Waals surface area contributed by atoms with Crippen molar-refractivity contribution in [3.63, 3.8) is 0 Å². The zero-order chi connectivity index (χ0) is 12.4. The molecule has 1 unspecified atom stereocenters. The van der Waals surface area contributed by atoms with Crippen molar-refractivity contribution >= 4 is 0 Å². The van der Waals surface area contributed by atoms with E-state index in [1.807, 2.05) is 13.8 Å². The minimum atomic E-state index is 0.300. The van der Waals surface area contributed by atoms with E-state index < -0.39 is 0 Å². The maximum Gasteiger partial charge on any atom is 0.0704 e.